The number of nitrogens with two attached hydrogens (primary N) is 1. The van der Waals surface area contributed by atoms with Crippen molar-refractivity contribution < 1.29 is 4.79 Å². The number of hydrogen-bond acceptors (Lipinski definition) is 3. The largest absolute Gasteiger partial charge is 0.397 e. The van der Waals surface area contributed by atoms with Gasteiger partial charge < -0.3 is 10.6 Å². The second kappa shape index (κ2) is 5.52. The molecular formula is C15H17N3O. The number of pyridine rings is 1. The van der Waals surface area contributed by atoms with Gasteiger partial charge in [0, 0.05) is 19.8 Å². The Morgan fingerprint density at radius 1 is 1.26 bits per heavy atom. The van der Waals surface area contributed by atoms with Crippen molar-refractivity contribution in [3.63, 3.8) is 0 Å². The number of carbonyl (C=O) groups excluding carboxylic acids is 1. The molecule has 0 unspecified atom stereocenters. The first-order valence-electron chi connectivity index (χ1n) is 6.08. The summed E-state index contributed by atoms with van der Waals surface area (Å²) in [7, 11) is 1.77. The third-order valence-electron chi connectivity index (χ3n) is 2.97. The number of anilines is 1. The Bertz CT molecular complexity index is 578. The number of nitrogens with zero attached hydrogens (tertiary/aromatic N) is 2. The second-order valence-electron chi connectivity index (χ2n) is 4.61. The van der Waals surface area contributed by atoms with Crippen LogP contribution in [0.15, 0.2) is 42.7 Å². The molecule has 4 nitrogen and oxygen atoms in total. The first kappa shape index (κ1) is 13.1. The normalized spacial score (nSPS) is 10.2. The Morgan fingerprint density at radius 2 is 1.95 bits per heavy atom. The van der Waals surface area contributed by atoms with Crippen LogP contribution in [-0.2, 0) is 6.54 Å². The van der Waals surface area contributed by atoms with E-state index < -0.39 is 0 Å². The van der Waals surface area contributed by atoms with E-state index in [0.29, 0.717) is 17.8 Å². The van der Waals surface area contributed by atoms with E-state index in [1.807, 2.05) is 31.2 Å². The van der Waals surface area contributed by atoms with E-state index >= 15 is 0 Å². The molecule has 19 heavy (non-hydrogen) atoms. The van der Waals surface area contributed by atoms with Gasteiger partial charge in [-0.05, 0) is 18.6 Å². The first-order valence-corrected chi connectivity index (χ1v) is 6.08. The van der Waals surface area contributed by atoms with Crippen LogP contribution in [0.1, 0.15) is 21.5 Å². The van der Waals surface area contributed by atoms with Crippen molar-refractivity contribution in [3.8, 4) is 0 Å². The molecule has 2 N–H and O–H groups in total. The highest BCUT2D eigenvalue weighted by molar-refractivity contribution is 5.98. The molecule has 1 aromatic carbocycles. The topological polar surface area (TPSA) is 59.2 Å². The SMILES string of the molecule is Cc1ccc(CN(C)C(=O)c2ccncc2N)cc1. The number of amides is 1. The molecule has 0 fully saturated rings. The maximum atomic E-state index is 12.3. The lowest BCUT2D eigenvalue weighted by Gasteiger charge is -2.18. The van der Waals surface area contributed by atoms with Crippen LogP contribution in [0.2, 0.25) is 0 Å². The maximum absolute atomic E-state index is 12.3. The van der Waals surface area contributed by atoms with E-state index in [1.54, 1.807) is 24.2 Å². The third-order valence-corrected chi connectivity index (χ3v) is 2.97. The van der Waals surface area contributed by atoms with Gasteiger partial charge in [0.05, 0.1) is 17.4 Å². The van der Waals surface area contributed by atoms with Gasteiger partial charge in [-0.3, -0.25) is 9.78 Å². The molecule has 98 valence electrons. The Morgan fingerprint density at radius 3 is 2.58 bits per heavy atom. The summed E-state index contributed by atoms with van der Waals surface area (Å²) in [5, 5.41) is 0. The molecule has 0 radical (unpaired) electrons. The Labute approximate surface area is 112 Å². The highest BCUT2D eigenvalue weighted by Gasteiger charge is 2.14. The van der Waals surface area contributed by atoms with Gasteiger partial charge in [0.15, 0.2) is 0 Å². The Balaban J connectivity index is 2.12. The van der Waals surface area contributed by atoms with Crippen LogP contribution in [0.5, 0.6) is 0 Å². The molecular weight excluding hydrogens is 238 g/mol. The van der Waals surface area contributed by atoms with Crippen LogP contribution in [0.4, 0.5) is 5.69 Å². The van der Waals surface area contributed by atoms with Gasteiger partial charge in [0.25, 0.3) is 5.91 Å². The molecule has 0 aliphatic heterocycles. The lowest BCUT2D eigenvalue weighted by molar-refractivity contribution is 0.0786. The number of rotatable bonds is 3. The summed E-state index contributed by atoms with van der Waals surface area (Å²) in [6.07, 6.45) is 3.07. The number of aryl methyl sites for hydroxylation is 1. The van der Waals surface area contributed by atoms with Crippen LogP contribution < -0.4 is 5.73 Å². The molecule has 2 aromatic rings. The van der Waals surface area contributed by atoms with Gasteiger partial charge in [-0.1, -0.05) is 29.8 Å². The summed E-state index contributed by atoms with van der Waals surface area (Å²) in [6, 6.07) is 9.76. The Kier molecular flexibility index (Phi) is 3.80. The van der Waals surface area contributed by atoms with E-state index in [4.69, 9.17) is 5.73 Å². The monoisotopic (exact) mass is 255 g/mol. The maximum Gasteiger partial charge on any atom is 0.256 e. The number of aromatic nitrogens is 1. The second-order valence-corrected chi connectivity index (χ2v) is 4.61. The summed E-state index contributed by atoms with van der Waals surface area (Å²) >= 11 is 0. The van der Waals surface area contributed by atoms with Crippen molar-refractivity contribution in [3.05, 3.63) is 59.4 Å². The average Bonchev–Trinajstić information content (AvgIpc) is 2.41. The minimum absolute atomic E-state index is 0.0968. The number of nitrogen functional groups attached to an aromatic ring is 1. The molecule has 2 rings (SSSR count). The van der Waals surface area contributed by atoms with Crippen LogP contribution >= 0.6 is 0 Å². The van der Waals surface area contributed by atoms with Crippen molar-refractivity contribution in [1.82, 2.24) is 9.88 Å². The van der Waals surface area contributed by atoms with Crippen LogP contribution in [0, 0.1) is 6.92 Å². The molecule has 0 saturated carbocycles. The van der Waals surface area contributed by atoms with Crippen LogP contribution in [0.25, 0.3) is 0 Å². The van der Waals surface area contributed by atoms with Gasteiger partial charge in [-0.15, -0.1) is 0 Å². The molecule has 1 heterocycles. The standard InChI is InChI=1S/C15H17N3O/c1-11-3-5-12(6-4-11)10-18(2)15(19)13-7-8-17-9-14(13)16/h3-9H,10,16H2,1-2H3. The average molecular weight is 255 g/mol. The van der Waals surface area contributed by atoms with E-state index in [9.17, 15) is 4.79 Å². The van der Waals surface area contributed by atoms with Gasteiger partial charge in [0.2, 0.25) is 0 Å². The van der Waals surface area contributed by atoms with Gasteiger partial charge in [-0.2, -0.15) is 0 Å². The summed E-state index contributed by atoms with van der Waals surface area (Å²) in [5.41, 5.74) is 8.96. The van der Waals surface area contributed by atoms with Crippen molar-refractivity contribution in [2.75, 3.05) is 12.8 Å². The molecule has 0 atom stereocenters. The molecule has 4 heteroatoms. The van der Waals surface area contributed by atoms with Crippen LogP contribution in [0.3, 0.4) is 0 Å². The van der Waals surface area contributed by atoms with E-state index in [0.717, 1.165) is 5.56 Å². The summed E-state index contributed by atoms with van der Waals surface area (Å²) in [5.74, 6) is -0.0968. The van der Waals surface area contributed by atoms with Crippen molar-refractivity contribution in [2.45, 2.75) is 13.5 Å². The predicted octanol–water partition coefficient (Wildman–Crippen LogP) is 2.24. The minimum atomic E-state index is -0.0968. The molecule has 0 spiro atoms. The molecule has 0 bridgehead atoms. The molecule has 1 aromatic heterocycles. The first-order chi connectivity index (χ1) is 9.08. The summed E-state index contributed by atoms with van der Waals surface area (Å²) in [4.78, 5) is 17.8. The van der Waals surface area contributed by atoms with E-state index in [1.165, 1.54) is 11.8 Å². The molecule has 1 amide bonds. The van der Waals surface area contributed by atoms with Gasteiger partial charge in [0.1, 0.15) is 0 Å². The summed E-state index contributed by atoms with van der Waals surface area (Å²) in [6.45, 7) is 2.59. The quantitative estimate of drug-likeness (QED) is 0.915. The highest BCUT2D eigenvalue weighted by Crippen LogP contribution is 2.13. The zero-order valence-corrected chi connectivity index (χ0v) is 11.1. The number of carbonyl (C=O) groups is 1. The lowest BCUT2D eigenvalue weighted by atomic mass is 10.1. The zero-order valence-electron chi connectivity index (χ0n) is 11.1. The highest BCUT2D eigenvalue weighted by atomic mass is 16.2. The molecule has 0 aliphatic carbocycles. The fourth-order valence-electron chi connectivity index (χ4n) is 1.85. The lowest BCUT2D eigenvalue weighted by Crippen LogP contribution is -2.27. The fraction of sp³-hybridized carbons (Fsp3) is 0.200. The van der Waals surface area contributed by atoms with Crippen molar-refractivity contribution >= 4 is 11.6 Å². The number of benzene rings is 1. The third kappa shape index (κ3) is 3.10. The Hall–Kier alpha value is -2.36. The van der Waals surface area contributed by atoms with E-state index in [-0.39, 0.29) is 5.91 Å². The van der Waals surface area contributed by atoms with Gasteiger partial charge >= 0.3 is 0 Å². The molecule has 0 aliphatic rings. The minimum Gasteiger partial charge on any atom is -0.397 e. The number of hydrogen-bond donors (Lipinski definition) is 1. The van der Waals surface area contributed by atoms with Crippen molar-refractivity contribution in [2.24, 2.45) is 0 Å². The zero-order chi connectivity index (χ0) is 13.8. The summed E-state index contributed by atoms with van der Waals surface area (Å²) < 4.78 is 0. The fourth-order valence-corrected chi connectivity index (χ4v) is 1.85. The van der Waals surface area contributed by atoms with Gasteiger partial charge in [-0.25, -0.2) is 0 Å². The predicted molar refractivity (Wildman–Crippen MR) is 75.6 cm³/mol. The van der Waals surface area contributed by atoms with Crippen molar-refractivity contribution in [1.29, 1.82) is 0 Å². The van der Waals surface area contributed by atoms with E-state index in [2.05, 4.69) is 4.98 Å². The smallest absolute Gasteiger partial charge is 0.256 e. The van der Waals surface area contributed by atoms with Crippen LogP contribution in [-0.4, -0.2) is 22.8 Å². The molecule has 0 saturated heterocycles.